The van der Waals surface area contributed by atoms with E-state index in [0.29, 0.717) is 11.9 Å². The number of nitrogens with one attached hydrogen (secondary N) is 2. The van der Waals surface area contributed by atoms with Gasteiger partial charge in [-0.3, -0.25) is 9.79 Å². The van der Waals surface area contributed by atoms with Gasteiger partial charge in [-0.25, -0.2) is 0 Å². The van der Waals surface area contributed by atoms with Gasteiger partial charge in [0, 0.05) is 56.2 Å². The first-order valence-corrected chi connectivity index (χ1v) is 12.2. The fourth-order valence-corrected chi connectivity index (χ4v) is 4.88. The van der Waals surface area contributed by atoms with E-state index in [1.54, 1.807) is 12.7 Å². The van der Waals surface area contributed by atoms with E-state index in [1.165, 1.54) is 0 Å². The van der Waals surface area contributed by atoms with Crippen LogP contribution in [0.3, 0.4) is 0 Å². The second-order valence-electron chi connectivity index (χ2n) is 7.80. The molecule has 1 saturated heterocycles. The summed E-state index contributed by atoms with van der Waals surface area (Å²) >= 11 is 1.95. The summed E-state index contributed by atoms with van der Waals surface area (Å²) < 4.78 is 2.00. The van der Waals surface area contributed by atoms with Crippen molar-refractivity contribution < 1.29 is 4.79 Å². The number of thioether (sulfide) groups is 1. The van der Waals surface area contributed by atoms with Gasteiger partial charge >= 0.3 is 0 Å². The van der Waals surface area contributed by atoms with E-state index in [-0.39, 0.29) is 5.92 Å². The van der Waals surface area contributed by atoms with Crippen LogP contribution in [0.5, 0.6) is 0 Å². The number of rotatable bonds is 8. The highest BCUT2D eigenvalue weighted by molar-refractivity contribution is 7.99. The minimum absolute atomic E-state index is 0.216. The molecule has 0 radical (unpaired) electrons. The smallest absolute Gasteiger partial charge is 0.225 e. The van der Waals surface area contributed by atoms with Gasteiger partial charge in [0.15, 0.2) is 5.96 Å². The van der Waals surface area contributed by atoms with E-state index < -0.39 is 0 Å². The minimum Gasteiger partial charge on any atom is -0.357 e. The summed E-state index contributed by atoms with van der Waals surface area (Å²) in [5.41, 5.74) is 0. The highest BCUT2D eigenvalue weighted by Gasteiger charge is 2.30. The average Bonchev–Trinajstić information content (AvgIpc) is 3.28. The monoisotopic (exact) mass is 421 g/mol. The first kappa shape index (κ1) is 21.9. The molecule has 162 valence electrons. The van der Waals surface area contributed by atoms with E-state index in [9.17, 15) is 4.79 Å². The zero-order valence-corrected chi connectivity index (χ0v) is 18.4. The van der Waals surface area contributed by atoms with E-state index in [2.05, 4.69) is 32.7 Å². The topological polar surface area (TPSA) is 87.4 Å². The Hall–Kier alpha value is -1.77. The van der Waals surface area contributed by atoms with Gasteiger partial charge in [0.25, 0.3) is 0 Å². The molecule has 9 heteroatoms. The van der Waals surface area contributed by atoms with Crippen molar-refractivity contribution in [2.75, 3.05) is 37.7 Å². The molecule has 0 spiro atoms. The number of carbonyl (C=O) groups excluding carboxylic acids is 1. The summed E-state index contributed by atoms with van der Waals surface area (Å²) in [4.78, 5) is 19.5. The van der Waals surface area contributed by atoms with Gasteiger partial charge in [-0.15, -0.1) is 10.2 Å². The first-order chi connectivity index (χ1) is 14.3. The molecule has 0 bridgehead atoms. The molecule has 1 aromatic rings. The summed E-state index contributed by atoms with van der Waals surface area (Å²) in [5.74, 6) is 3.68. The molecule has 2 fully saturated rings. The van der Waals surface area contributed by atoms with Crippen molar-refractivity contribution in [3.05, 3.63) is 12.7 Å². The van der Waals surface area contributed by atoms with Crippen molar-refractivity contribution >= 4 is 23.6 Å². The van der Waals surface area contributed by atoms with Crippen LogP contribution in [0.2, 0.25) is 0 Å². The highest BCUT2D eigenvalue weighted by Crippen LogP contribution is 2.27. The van der Waals surface area contributed by atoms with Crippen LogP contribution in [0.4, 0.5) is 0 Å². The Kier molecular flexibility index (Phi) is 9.11. The molecule has 2 N–H and O–H groups in total. The van der Waals surface area contributed by atoms with Crippen molar-refractivity contribution in [1.82, 2.24) is 30.3 Å². The van der Waals surface area contributed by atoms with E-state index in [1.807, 2.05) is 16.3 Å². The Morgan fingerprint density at radius 1 is 1.14 bits per heavy atom. The molecule has 0 atom stereocenters. The van der Waals surface area contributed by atoms with Crippen molar-refractivity contribution in [3.8, 4) is 0 Å². The molecule has 1 aromatic heterocycles. The quantitative estimate of drug-likeness (QED) is 0.378. The predicted molar refractivity (Wildman–Crippen MR) is 118 cm³/mol. The lowest BCUT2D eigenvalue weighted by Crippen LogP contribution is -2.47. The summed E-state index contributed by atoms with van der Waals surface area (Å²) in [7, 11) is 0. The zero-order chi connectivity index (χ0) is 20.3. The van der Waals surface area contributed by atoms with Crippen LogP contribution < -0.4 is 10.6 Å². The molecule has 1 aliphatic heterocycles. The third-order valence-corrected chi connectivity index (χ3v) is 6.59. The number of unbranched alkanes of at least 4 members (excludes halogenated alkanes) is 1. The van der Waals surface area contributed by atoms with Gasteiger partial charge in [0.05, 0.1) is 0 Å². The van der Waals surface area contributed by atoms with Crippen LogP contribution in [0.25, 0.3) is 0 Å². The lowest BCUT2D eigenvalue weighted by Gasteiger charge is -2.34. The van der Waals surface area contributed by atoms with Crippen molar-refractivity contribution in [3.63, 3.8) is 0 Å². The maximum absolute atomic E-state index is 12.7. The number of hydrogen-bond donors (Lipinski definition) is 2. The first-order valence-electron chi connectivity index (χ1n) is 11.0. The second kappa shape index (κ2) is 12.0. The lowest BCUT2D eigenvalue weighted by molar-refractivity contribution is -0.136. The molecule has 8 nitrogen and oxygen atoms in total. The second-order valence-corrected chi connectivity index (χ2v) is 9.02. The molecule has 1 aliphatic carbocycles. The SMILES string of the molecule is CCNC(=NCCCCn1cnnc1)NC1CCC(C(=O)N2CCSCC2)CC1. The Morgan fingerprint density at radius 2 is 1.86 bits per heavy atom. The van der Waals surface area contributed by atoms with Crippen LogP contribution in [0.15, 0.2) is 17.6 Å². The van der Waals surface area contributed by atoms with Gasteiger partial charge in [-0.1, -0.05) is 0 Å². The van der Waals surface area contributed by atoms with E-state index in [0.717, 1.165) is 88.7 Å². The van der Waals surface area contributed by atoms with E-state index in [4.69, 9.17) is 4.99 Å². The largest absolute Gasteiger partial charge is 0.357 e. The Balaban J connectivity index is 1.37. The zero-order valence-electron chi connectivity index (χ0n) is 17.6. The summed E-state index contributed by atoms with van der Waals surface area (Å²) in [6.45, 7) is 6.54. The van der Waals surface area contributed by atoms with Crippen LogP contribution >= 0.6 is 11.8 Å². The van der Waals surface area contributed by atoms with Crippen LogP contribution in [-0.2, 0) is 11.3 Å². The van der Waals surface area contributed by atoms with Crippen LogP contribution in [0.1, 0.15) is 45.4 Å². The van der Waals surface area contributed by atoms with Gasteiger partial charge < -0.3 is 20.1 Å². The van der Waals surface area contributed by atoms with Crippen LogP contribution in [-0.4, -0.2) is 75.3 Å². The molecule has 2 heterocycles. The number of guanidine groups is 1. The predicted octanol–water partition coefficient (Wildman–Crippen LogP) is 1.75. The minimum atomic E-state index is 0.216. The van der Waals surface area contributed by atoms with Gasteiger partial charge in [0.2, 0.25) is 5.91 Å². The van der Waals surface area contributed by atoms with Crippen LogP contribution in [0, 0.1) is 5.92 Å². The maximum Gasteiger partial charge on any atom is 0.225 e. The molecule has 2 aliphatic rings. The molecule has 1 amide bonds. The average molecular weight is 422 g/mol. The number of aliphatic imine (C=N–C) groups is 1. The number of carbonyl (C=O) groups is 1. The molecule has 1 saturated carbocycles. The fraction of sp³-hybridized carbons (Fsp3) is 0.800. The Bertz CT molecular complexity index is 623. The highest BCUT2D eigenvalue weighted by atomic mass is 32.2. The van der Waals surface area contributed by atoms with Gasteiger partial charge in [-0.05, 0) is 45.4 Å². The fourth-order valence-electron chi connectivity index (χ4n) is 3.97. The van der Waals surface area contributed by atoms with Crippen molar-refractivity contribution in [2.45, 2.75) is 58.0 Å². The van der Waals surface area contributed by atoms with Crippen molar-refractivity contribution in [2.24, 2.45) is 10.9 Å². The van der Waals surface area contributed by atoms with E-state index >= 15 is 0 Å². The van der Waals surface area contributed by atoms with Gasteiger partial charge in [0.1, 0.15) is 12.7 Å². The third kappa shape index (κ3) is 7.21. The molecular weight excluding hydrogens is 386 g/mol. The normalized spacial score (nSPS) is 23.1. The standard InChI is InChI=1S/C20H35N7OS/c1-2-21-20(22-9-3-4-10-26-15-23-24-16-26)25-18-7-5-17(6-8-18)19(28)27-11-13-29-14-12-27/h15-18H,2-14H2,1H3,(H2,21,22,25). The lowest BCUT2D eigenvalue weighted by atomic mass is 9.85. The Morgan fingerprint density at radius 3 is 2.55 bits per heavy atom. The maximum atomic E-state index is 12.7. The van der Waals surface area contributed by atoms with Gasteiger partial charge in [-0.2, -0.15) is 11.8 Å². The molecule has 0 aromatic carbocycles. The summed E-state index contributed by atoms with van der Waals surface area (Å²) in [6.07, 6.45) is 9.64. The number of nitrogens with zero attached hydrogens (tertiary/aromatic N) is 5. The van der Waals surface area contributed by atoms with Crippen molar-refractivity contribution in [1.29, 1.82) is 0 Å². The number of hydrogen-bond acceptors (Lipinski definition) is 5. The molecular formula is C20H35N7OS. The third-order valence-electron chi connectivity index (χ3n) is 5.65. The summed E-state index contributed by atoms with van der Waals surface area (Å²) in [5, 5.41) is 14.6. The molecule has 29 heavy (non-hydrogen) atoms. The Labute approximate surface area is 178 Å². The number of amides is 1. The molecule has 3 rings (SSSR count). The number of aryl methyl sites for hydroxylation is 1. The molecule has 0 unspecified atom stereocenters. The number of aromatic nitrogens is 3. The summed E-state index contributed by atoms with van der Waals surface area (Å²) in [6, 6.07) is 0.408.